The average Bonchev–Trinajstić information content (AvgIpc) is 3.10. The summed E-state index contributed by atoms with van der Waals surface area (Å²) in [6.07, 6.45) is 5.51. The molecule has 0 N–H and O–H groups in total. The van der Waals surface area contributed by atoms with Crippen molar-refractivity contribution in [1.82, 2.24) is 4.90 Å². The van der Waals surface area contributed by atoms with Gasteiger partial charge >= 0.3 is 0 Å². The van der Waals surface area contributed by atoms with E-state index in [1.165, 1.54) is 46.9 Å². The maximum Gasteiger partial charge on any atom is 0.0917 e. The topological polar surface area (TPSA) is 12.5 Å². The SMILES string of the molecule is CN(Cc1ccc([C@@H]2CCCO2)s1)C1CCSCC1. The molecule has 2 aliphatic heterocycles. The maximum absolute atomic E-state index is 5.77. The minimum Gasteiger partial charge on any atom is -0.373 e. The van der Waals surface area contributed by atoms with Crippen LogP contribution in [0.2, 0.25) is 0 Å². The summed E-state index contributed by atoms with van der Waals surface area (Å²) in [7, 11) is 2.28. The fraction of sp³-hybridized carbons (Fsp3) is 0.733. The minimum atomic E-state index is 0.384. The molecule has 2 fully saturated rings. The summed E-state index contributed by atoms with van der Waals surface area (Å²) in [4.78, 5) is 5.47. The number of hydrogen-bond acceptors (Lipinski definition) is 4. The van der Waals surface area contributed by atoms with E-state index in [0.29, 0.717) is 6.10 Å². The highest BCUT2D eigenvalue weighted by Gasteiger charge is 2.21. The quantitative estimate of drug-likeness (QED) is 0.835. The van der Waals surface area contributed by atoms with Gasteiger partial charge in [0.05, 0.1) is 6.10 Å². The molecule has 4 heteroatoms. The normalized spacial score (nSPS) is 25.3. The lowest BCUT2D eigenvalue weighted by atomic mass is 10.1. The molecule has 0 aromatic carbocycles. The summed E-state index contributed by atoms with van der Waals surface area (Å²) in [5.41, 5.74) is 0. The first-order chi connectivity index (χ1) is 9.33. The molecule has 0 spiro atoms. The Morgan fingerprint density at radius 2 is 2.11 bits per heavy atom. The van der Waals surface area contributed by atoms with Crippen molar-refractivity contribution < 1.29 is 4.74 Å². The van der Waals surface area contributed by atoms with E-state index in [4.69, 9.17) is 4.74 Å². The smallest absolute Gasteiger partial charge is 0.0917 e. The standard InChI is InChI=1S/C15H23NOS2/c1-16(12-6-9-18-10-7-12)11-13-4-5-15(19-13)14-3-2-8-17-14/h4-5,12,14H,2-3,6-11H2,1H3/t14-/m0/s1. The second kappa shape index (κ2) is 6.61. The summed E-state index contributed by atoms with van der Waals surface area (Å²) in [6.45, 7) is 2.05. The number of thiophene rings is 1. The molecule has 1 aromatic heterocycles. The van der Waals surface area contributed by atoms with Crippen molar-refractivity contribution in [3.8, 4) is 0 Å². The van der Waals surface area contributed by atoms with E-state index in [2.05, 4.69) is 35.8 Å². The Morgan fingerprint density at radius 3 is 2.84 bits per heavy atom. The number of ether oxygens (including phenoxy) is 1. The highest BCUT2D eigenvalue weighted by Crippen LogP contribution is 2.34. The molecular weight excluding hydrogens is 274 g/mol. The Hall–Kier alpha value is -0.0300. The van der Waals surface area contributed by atoms with Gasteiger partial charge in [0.2, 0.25) is 0 Å². The van der Waals surface area contributed by atoms with Gasteiger partial charge in [-0.2, -0.15) is 11.8 Å². The van der Waals surface area contributed by atoms with Gasteiger partial charge < -0.3 is 4.74 Å². The largest absolute Gasteiger partial charge is 0.373 e. The molecule has 1 aromatic rings. The molecule has 0 bridgehead atoms. The van der Waals surface area contributed by atoms with Gasteiger partial charge in [0.1, 0.15) is 0 Å². The third-order valence-corrected chi connectivity index (χ3v) is 6.36. The van der Waals surface area contributed by atoms with Gasteiger partial charge in [0.15, 0.2) is 0 Å². The number of hydrogen-bond donors (Lipinski definition) is 0. The lowest BCUT2D eigenvalue weighted by Gasteiger charge is -2.30. The Bertz CT molecular complexity index is 395. The van der Waals surface area contributed by atoms with E-state index in [1.54, 1.807) is 0 Å². The van der Waals surface area contributed by atoms with Crippen molar-refractivity contribution in [2.45, 2.75) is 44.4 Å². The molecule has 19 heavy (non-hydrogen) atoms. The Labute approximate surface area is 124 Å². The van der Waals surface area contributed by atoms with Crippen molar-refractivity contribution in [2.75, 3.05) is 25.2 Å². The van der Waals surface area contributed by atoms with Crippen LogP contribution in [0.5, 0.6) is 0 Å². The van der Waals surface area contributed by atoms with Gasteiger partial charge in [-0.1, -0.05) is 0 Å². The van der Waals surface area contributed by atoms with Crippen molar-refractivity contribution in [3.05, 3.63) is 21.9 Å². The second-order valence-corrected chi connectivity index (χ2v) is 7.99. The highest BCUT2D eigenvalue weighted by molar-refractivity contribution is 7.99. The van der Waals surface area contributed by atoms with Gasteiger partial charge in [-0.15, -0.1) is 11.3 Å². The van der Waals surface area contributed by atoms with Crippen LogP contribution in [0.1, 0.15) is 41.5 Å². The fourth-order valence-corrected chi connectivity index (χ4v) is 5.20. The van der Waals surface area contributed by atoms with Crippen LogP contribution >= 0.6 is 23.1 Å². The zero-order chi connectivity index (χ0) is 13.1. The number of rotatable bonds is 4. The van der Waals surface area contributed by atoms with Crippen molar-refractivity contribution in [2.24, 2.45) is 0 Å². The Kier molecular flexibility index (Phi) is 4.85. The van der Waals surface area contributed by atoms with Crippen LogP contribution in [0.3, 0.4) is 0 Å². The molecular formula is C15H23NOS2. The lowest BCUT2D eigenvalue weighted by molar-refractivity contribution is 0.114. The zero-order valence-electron chi connectivity index (χ0n) is 11.6. The van der Waals surface area contributed by atoms with Gasteiger partial charge in [-0.05, 0) is 56.4 Å². The Morgan fingerprint density at radius 1 is 1.26 bits per heavy atom. The highest BCUT2D eigenvalue weighted by atomic mass is 32.2. The van der Waals surface area contributed by atoms with E-state index in [0.717, 1.165) is 19.2 Å². The molecule has 2 nitrogen and oxygen atoms in total. The second-order valence-electron chi connectivity index (χ2n) is 5.56. The van der Waals surface area contributed by atoms with Crippen molar-refractivity contribution in [1.29, 1.82) is 0 Å². The number of nitrogens with zero attached hydrogens (tertiary/aromatic N) is 1. The predicted octanol–water partition coefficient (Wildman–Crippen LogP) is 3.93. The molecule has 3 rings (SSSR count). The Balaban J connectivity index is 1.56. The molecule has 0 radical (unpaired) electrons. The minimum absolute atomic E-state index is 0.384. The van der Waals surface area contributed by atoms with Gasteiger partial charge in [0, 0.05) is 28.9 Å². The molecule has 3 heterocycles. The van der Waals surface area contributed by atoms with Crippen LogP contribution in [0.15, 0.2) is 12.1 Å². The van der Waals surface area contributed by atoms with Gasteiger partial charge in [-0.25, -0.2) is 0 Å². The van der Waals surface area contributed by atoms with E-state index < -0.39 is 0 Å². The molecule has 106 valence electrons. The van der Waals surface area contributed by atoms with Gasteiger partial charge in [0.25, 0.3) is 0 Å². The first kappa shape index (κ1) is 13.9. The van der Waals surface area contributed by atoms with Crippen LogP contribution < -0.4 is 0 Å². The fourth-order valence-electron chi connectivity index (χ4n) is 2.96. The van der Waals surface area contributed by atoms with Crippen LogP contribution in [0.25, 0.3) is 0 Å². The van der Waals surface area contributed by atoms with Crippen molar-refractivity contribution >= 4 is 23.1 Å². The van der Waals surface area contributed by atoms with Crippen LogP contribution in [0.4, 0.5) is 0 Å². The molecule has 0 amide bonds. The first-order valence-electron chi connectivity index (χ1n) is 7.31. The van der Waals surface area contributed by atoms with E-state index in [9.17, 15) is 0 Å². The van der Waals surface area contributed by atoms with Crippen LogP contribution in [-0.4, -0.2) is 36.1 Å². The zero-order valence-corrected chi connectivity index (χ0v) is 13.3. The first-order valence-corrected chi connectivity index (χ1v) is 9.28. The third-order valence-electron chi connectivity index (χ3n) is 4.15. The lowest BCUT2D eigenvalue weighted by Crippen LogP contribution is -2.33. The summed E-state index contributed by atoms with van der Waals surface area (Å²) >= 11 is 4.05. The molecule has 2 saturated heterocycles. The maximum atomic E-state index is 5.77. The molecule has 2 aliphatic rings. The average molecular weight is 297 g/mol. The summed E-state index contributed by atoms with van der Waals surface area (Å²) < 4.78 is 5.77. The van der Waals surface area contributed by atoms with E-state index in [-0.39, 0.29) is 0 Å². The van der Waals surface area contributed by atoms with Crippen molar-refractivity contribution in [3.63, 3.8) is 0 Å². The molecule has 0 aliphatic carbocycles. The monoisotopic (exact) mass is 297 g/mol. The summed E-state index contributed by atoms with van der Waals surface area (Å²) in [5, 5.41) is 0. The molecule has 0 saturated carbocycles. The van der Waals surface area contributed by atoms with Crippen LogP contribution in [-0.2, 0) is 11.3 Å². The summed E-state index contributed by atoms with van der Waals surface area (Å²) in [6, 6.07) is 5.37. The number of thioether (sulfide) groups is 1. The van der Waals surface area contributed by atoms with E-state index in [1.807, 2.05) is 11.3 Å². The molecule has 1 atom stereocenters. The summed E-state index contributed by atoms with van der Waals surface area (Å²) in [5.74, 6) is 2.67. The van der Waals surface area contributed by atoms with Crippen LogP contribution in [0, 0.1) is 0 Å². The molecule has 0 unspecified atom stereocenters. The van der Waals surface area contributed by atoms with Gasteiger partial charge in [-0.3, -0.25) is 4.90 Å². The third kappa shape index (κ3) is 3.54. The predicted molar refractivity (Wildman–Crippen MR) is 84.1 cm³/mol. The van der Waals surface area contributed by atoms with E-state index >= 15 is 0 Å².